The van der Waals surface area contributed by atoms with Gasteiger partial charge in [0.25, 0.3) is 0 Å². The fourth-order valence-corrected chi connectivity index (χ4v) is 3.27. The van der Waals surface area contributed by atoms with Gasteiger partial charge in [-0.25, -0.2) is 4.39 Å². The third-order valence-corrected chi connectivity index (χ3v) is 4.67. The van der Waals surface area contributed by atoms with Crippen molar-refractivity contribution in [1.29, 1.82) is 0 Å². The maximum Gasteiger partial charge on any atom is 0.573 e. The lowest BCUT2D eigenvalue weighted by molar-refractivity contribution is -0.274. The Hall–Kier alpha value is -3.43. The molecule has 2 aromatic carbocycles. The van der Waals surface area contributed by atoms with E-state index >= 15 is 0 Å². The second-order valence-corrected chi connectivity index (χ2v) is 6.73. The van der Waals surface area contributed by atoms with Crippen LogP contribution in [0.3, 0.4) is 0 Å². The van der Waals surface area contributed by atoms with Crippen molar-refractivity contribution in [2.75, 3.05) is 0 Å². The van der Waals surface area contributed by atoms with Crippen molar-refractivity contribution in [2.45, 2.75) is 31.8 Å². The summed E-state index contributed by atoms with van der Waals surface area (Å²) in [5, 5.41) is 3.88. The van der Waals surface area contributed by atoms with Gasteiger partial charge in [-0.1, -0.05) is 17.3 Å². The van der Waals surface area contributed by atoms with E-state index in [0.717, 1.165) is 17.7 Å². The summed E-state index contributed by atoms with van der Waals surface area (Å²) in [6.45, 7) is 0.269. The number of benzene rings is 2. The highest BCUT2D eigenvalue weighted by atomic mass is 19.4. The minimum atomic E-state index is -4.77. The lowest BCUT2D eigenvalue weighted by Gasteiger charge is -2.22. The largest absolute Gasteiger partial charge is 0.573 e. The first-order chi connectivity index (χ1) is 14.3. The normalized spacial score (nSPS) is 16.9. The number of nitrogens with zero attached hydrogens (tertiary/aromatic N) is 3. The monoisotopic (exact) mass is 421 g/mol. The molecule has 0 spiro atoms. The van der Waals surface area contributed by atoms with Crippen LogP contribution in [0.1, 0.15) is 30.3 Å². The Kier molecular flexibility index (Phi) is 5.15. The highest BCUT2D eigenvalue weighted by Crippen LogP contribution is 2.34. The van der Waals surface area contributed by atoms with Crippen molar-refractivity contribution in [3.05, 3.63) is 65.8 Å². The number of hydrogen-bond acceptors (Lipinski definition) is 5. The number of likely N-dealkylation sites (tertiary alicyclic amines) is 1. The molecule has 1 unspecified atom stereocenters. The van der Waals surface area contributed by atoms with Gasteiger partial charge in [0.15, 0.2) is 0 Å². The number of carbonyl (C=O) groups excluding carboxylic acids is 1. The SMILES string of the molecule is O=C1CCC(c2nc(-c3ccc(OC(F)(F)F)cc3)no2)N1Cc1ccc(F)cc1. The molecule has 1 saturated heterocycles. The molecule has 2 heterocycles. The average molecular weight is 421 g/mol. The standard InChI is InChI=1S/C20H15F4N3O3/c21-14-5-1-12(2-6-14)11-27-16(9-10-17(27)28)19-25-18(26-30-19)13-3-7-15(8-4-13)29-20(22,23)24/h1-8,16H,9-11H2. The van der Waals surface area contributed by atoms with Crippen LogP contribution >= 0.6 is 0 Å². The average Bonchev–Trinajstić information content (AvgIpc) is 3.30. The van der Waals surface area contributed by atoms with Crippen molar-refractivity contribution in [3.8, 4) is 17.1 Å². The number of carbonyl (C=O) groups is 1. The number of rotatable bonds is 5. The summed E-state index contributed by atoms with van der Waals surface area (Å²) in [5.74, 6) is -0.394. The quantitative estimate of drug-likeness (QED) is 0.562. The van der Waals surface area contributed by atoms with Gasteiger partial charge in [0.2, 0.25) is 17.6 Å². The van der Waals surface area contributed by atoms with Crippen LogP contribution < -0.4 is 4.74 Å². The molecule has 1 amide bonds. The van der Waals surface area contributed by atoms with E-state index in [1.165, 1.54) is 24.3 Å². The molecule has 0 bridgehead atoms. The zero-order valence-electron chi connectivity index (χ0n) is 15.4. The molecular weight excluding hydrogens is 406 g/mol. The van der Waals surface area contributed by atoms with Crippen LogP contribution in [-0.4, -0.2) is 27.3 Å². The van der Waals surface area contributed by atoms with E-state index in [4.69, 9.17) is 4.52 Å². The Morgan fingerprint density at radius 2 is 1.80 bits per heavy atom. The fourth-order valence-electron chi connectivity index (χ4n) is 3.27. The first-order valence-corrected chi connectivity index (χ1v) is 9.02. The molecule has 6 nitrogen and oxygen atoms in total. The Morgan fingerprint density at radius 1 is 1.10 bits per heavy atom. The molecular formula is C20H15F4N3O3. The predicted molar refractivity (Wildman–Crippen MR) is 95.3 cm³/mol. The topological polar surface area (TPSA) is 68.5 Å². The van der Waals surface area contributed by atoms with Crippen molar-refractivity contribution in [3.63, 3.8) is 0 Å². The summed E-state index contributed by atoms with van der Waals surface area (Å²) in [6, 6.07) is 10.5. The molecule has 0 N–H and O–H groups in total. The van der Waals surface area contributed by atoms with Gasteiger partial charge in [0.05, 0.1) is 0 Å². The zero-order chi connectivity index (χ0) is 21.3. The third-order valence-electron chi connectivity index (χ3n) is 4.67. The van der Waals surface area contributed by atoms with Crippen molar-refractivity contribution >= 4 is 5.91 Å². The van der Waals surface area contributed by atoms with Gasteiger partial charge in [0.1, 0.15) is 17.6 Å². The minimum Gasteiger partial charge on any atom is -0.406 e. The number of alkyl halides is 3. The van der Waals surface area contributed by atoms with Gasteiger partial charge in [-0.05, 0) is 48.4 Å². The number of halogens is 4. The second kappa shape index (κ2) is 7.77. The van der Waals surface area contributed by atoms with Crippen LogP contribution in [0.2, 0.25) is 0 Å². The molecule has 1 fully saturated rings. The van der Waals surface area contributed by atoms with Crippen molar-refractivity contribution in [1.82, 2.24) is 15.0 Å². The van der Waals surface area contributed by atoms with E-state index in [9.17, 15) is 22.4 Å². The number of aromatic nitrogens is 2. The van der Waals surface area contributed by atoms with Crippen LogP contribution in [0.4, 0.5) is 17.6 Å². The molecule has 156 valence electrons. The molecule has 0 aliphatic carbocycles. The summed E-state index contributed by atoms with van der Waals surface area (Å²) in [4.78, 5) is 18.2. The molecule has 1 aromatic heterocycles. The van der Waals surface area contributed by atoms with E-state index in [-0.39, 0.29) is 35.7 Å². The molecule has 1 aliphatic rings. The summed E-state index contributed by atoms with van der Waals surface area (Å²) in [7, 11) is 0. The molecule has 3 aromatic rings. The zero-order valence-corrected chi connectivity index (χ0v) is 15.4. The van der Waals surface area contributed by atoms with Gasteiger partial charge < -0.3 is 14.2 Å². The maximum absolute atomic E-state index is 13.1. The predicted octanol–water partition coefficient (Wildman–Crippen LogP) is 4.64. The van der Waals surface area contributed by atoms with E-state index < -0.39 is 12.4 Å². The van der Waals surface area contributed by atoms with Crippen LogP contribution in [0.5, 0.6) is 5.75 Å². The van der Waals surface area contributed by atoms with Crippen LogP contribution in [0.25, 0.3) is 11.4 Å². The molecule has 10 heteroatoms. The number of amides is 1. The Morgan fingerprint density at radius 3 is 2.47 bits per heavy atom. The molecule has 0 saturated carbocycles. The van der Waals surface area contributed by atoms with Crippen LogP contribution in [0, 0.1) is 5.82 Å². The summed E-state index contributed by atoms with van der Waals surface area (Å²) in [6.07, 6.45) is -3.98. The smallest absolute Gasteiger partial charge is 0.406 e. The summed E-state index contributed by atoms with van der Waals surface area (Å²) < 4.78 is 59.1. The minimum absolute atomic E-state index is 0.0854. The Balaban J connectivity index is 1.51. The van der Waals surface area contributed by atoms with Gasteiger partial charge in [0, 0.05) is 18.5 Å². The van der Waals surface area contributed by atoms with Gasteiger partial charge in [-0.3, -0.25) is 4.79 Å². The van der Waals surface area contributed by atoms with E-state index in [1.807, 2.05) is 0 Å². The van der Waals surface area contributed by atoms with Crippen LogP contribution in [0.15, 0.2) is 53.1 Å². The fraction of sp³-hybridized carbons (Fsp3) is 0.250. The van der Waals surface area contributed by atoms with E-state index in [1.54, 1.807) is 17.0 Å². The van der Waals surface area contributed by atoms with Crippen LogP contribution in [-0.2, 0) is 11.3 Å². The summed E-state index contributed by atoms with van der Waals surface area (Å²) in [5.41, 5.74) is 1.20. The number of ether oxygens (including phenoxy) is 1. The highest BCUT2D eigenvalue weighted by molar-refractivity contribution is 5.78. The third kappa shape index (κ3) is 4.42. The molecule has 0 radical (unpaired) electrons. The van der Waals surface area contributed by atoms with Crippen molar-refractivity contribution < 1.29 is 31.6 Å². The maximum atomic E-state index is 13.1. The highest BCUT2D eigenvalue weighted by Gasteiger charge is 2.36. The lowest BCUT2D eigenvalue weighted by Crippen LogP contribution is -2.27. The molecule has 4 rings (SSSR count). The number of hydrogen-bond donors (Lipinski definition) is 0. The van der Waals surface area contributed by atoms with E-state index in [2.05, 4.69) is 14.9 Å². The Labute approximate surface area is 168 Å². The first-order valence-electron chi connectivity index (χ1n) is 9.02. The van der Waals surface area contributed by atoms with Crippen molar-refractivity contribution in [2.24, 2.45) is 0 Å². The first kappa shape index (κ1) is 19.9. The van der Waals surface area contributed by atoms with Gasteiger partial charge in [-0.15, -0.1) is 13.2 Å². The second-order valence-electron chi connectivity index (χ2n) is 6.73. The van der Waals surface area contributed by atoms with E-state index in [0.29, 0.717) is 18.4 Å². The molecule has 30 heavy (non-hydrogen) atoms. The lowest BCUT2D eigenvalue weighted by atomic mass is 10.1. The molecule has 1 atom stereocenters. The molecule has 1 aliphatic heterocycles. The van der Waals surface area contributed by atoms with Gasteiger partial charge in [-0.2, -0.15) is 4.98 Å². The van der Waals surface area contributed by atoms with Gasteiger partial charge >= 0.3 is 6.36 Å². The Bertz CT molecular complexity index is 1030. The summed E-state index contributed by atoms with van der Waals surface area (Å²) >= 11 is 0.